The molecule has 1 aromatic heterocycles. The van der Waals surface area contributed by atoms with Gasteiger partial charge in [-0.15, -0.1) is 0 Å². The first-order valence-corrected chi connectivity index (χ1v) is 12.8. The van der Waals surface area contributed by atoms with Crippen molar-refractivity contribution in [2.75, 3.05) is 32.6 Å². The van der Waals surface area contributed by atoms with Crippen LogP contribution < -0.4 is 0 Å². The van der Waals surface area contributed by atoms with E-state index in [0.29, 0.717) is 42.7 Å². The molecule has 4 rings (SSSR count). The first-order chi connectivity index (χ1) is 15.9. The van der Waals surface area contributed by atoms with Crippen LogP contribution in [0.1, 0.15) is 16.1 Å². The molecule has 0 amide bonds. The van der Waals surface area contributed by atoms with Gasteiger partial charge in [-0.25, -0.2) is 22.6 Å². The fourth-order valence-corrected chi connectivity index (χ4v) is 5.44. The summed E-state index contributed by atoms with van der Waals surface area (Å²) in [4.78, 5) is 17.2. The molecule has 0 bridgehead atoms. The van der Waals surface area contributed by atoms with Crippen LogP contribution in [0.15, 0.2) is 64.8 Å². The van der Waals surface area contributed by atoms with Crippen LogP contribution >= 0.6 is 11.8 Å². The quantitative estimate of drug-likeness (QED) is 0.371. The van der Waals surface area contributed by atoms with Crippen LogP contribution in [-0.2, 0) is 26.1 Å². The van der Waals surface area contributed by atoms with Gasteiger partial charge in [0.2, 0.25) is 10.0 Å². The third-order valence-electron chi connectivity index (χ3n) is 5.08. The Kier molecular flexibility index (Phi) is 7.13. The Morgan fingerprint density at radius 2 is 1.91 bits per heavy atom. The zero-order valence-corrected chi connectivity index (χ0v) is 19.4. The van der Waals surface area contributed by atoms with Crippen molar-refractivity contribution in [2.24, 2.45) is 0 Å². The fraction of sp³-hybridized carbons (Fsp3) is 0.273. The van der Waals surface area contributed by atoms with Crippen LogP contribution in [0.25, 0.3) is 5.69 Å². The highest BCUT2D eigenvalue weighted by molar-refractivity contribution is 7.98. The highest BCUT2D eigenvalue weighted by Crippen LogP contribution is 2.23. The zero-order valence-electron chi connectivity index (χ0n) is 17.8. The van der Waals surface area contributed by atoms with Gasteiger partial charge >= 0.3 is 5.97 Å². The van der Waals surface area contributed by atoms with E-state index < -0.39 is 16.0 Å². The molecule has 0 unspecified atom stereocenters. The Hall–Kier alpha value is -2.73. The minimum Gasteiger partial charge on any atom is -0.456 e. The Labute approximate surface area is 195 Å². The molecule has 174 valence electrons. The van der Waals surface area contributed by atoms with E-state index in [-0.39, 0.29) is 23.0 Å². The summed E-state index contributed by atoms with van der Waals surface area (Å²) in [7, 11) is -3.66. The molecule has 3 aromatic rings. The topological polar surface area (TPSA) is 90.7 Å². The van der Waals surface area contributed by atoms with Crippen molar-refractivity contribution >= 4 is 27.8 Å². The number of esters is 1. The third-order valence-corrected chi connectivity index (χ3v) is 7.63. The molecule has 2 aromatic carbocycles. The van der Waals surface area contributed by atoms with Crippen LogP contribution in [0.4, 0.5) is 4.39 Å². The molecule has 0 atom stereocenters. The van der Waals surface area contributed by atoms with E-state index in [1.165, 1.54) is 46.5 Å². The summed E-state index contributed by atoms with van der Waals surface area (Å²) in [6.07, 6.45) is 3.22. The standard InChI is InChI=1S/C22H22FN3O5S2/c1-32-22-24-14-20(26(22)18-7-5-17(23)6-8-18)21(27)31-15-16-3-2-4-19(13-16)33(28,29)25-9-11-30-12-10-25/h2-8,13-14H,9-12,15H2,1H3. The van der Waals surface area contributed by atoms with Crippen molar-refractivity contribution in [1.82, 2.24) is 13.9 Å². The van der Waals surface area contributed by atoms with E-state index >= 15 is 0 Å². The van der Waals surface area contributed by atoms with Gasteiger partial charge in [-0.3, -0.25) is 4.57 Å². The number of thioether (sulfide) groups is 1. The van der Waals surface area contributed by atoms with Crippen LogP contribution in [0.5, 0.6) is 0 Å². The van der Waals surface area contributed by atoms with Crippen molar-refractivity contribution in [1.29, 1.82) is 0 Å². The molecule has 1 fully saturated rings. The third kappa shape index (κ3) is 5.11. The van der Waals surface area contributed by atoms with E-state index in [9.17, 15) is 17.6 Å². The first kappa shape index (κ1) is 23.4. The lowest BCUT2D eigenvalue weighted by Gasteiger charge is -2.26. The van der Waals surface area contributed by atoms with Crippen LogP contribution in [0.3, 0.4) is 0 Å². The predicted octanol–water partition coefficient (Wildman–Crippen LogP) is 3.11. The summed E-state index contributed by atoms with van der Waals surface area (Å²) in [5, 5.41) is 0.548. The second-order valence-electron chi connectivity index (χ2n) is 7.18. The van der Waals surface area contributed by atoms with Gasteiger partial charge in [-0.2, -0.15) is 4.31 Å². The zero-order chi connectivity index (χ0) is 23.4. The van der Waals surface area contributed by atoms with Crippen molar-refractivity contribution in [3.63, 3.8) is 0 Å². The van der Waals surface area contributed by atoms with Crippen LogP contribution in [0.2, 0.25) is 0 Å². The average Bonchev–Trinajstić information content (AvgIpc) is 3.28. The Bertz CT molecular complexity index is 1240. The Morgan fingerprint density at radius 1 is 1.18 bits per heavy atom. The molecule has 1 aliphatic heterocycles. The van der Waals surface area contributed by atoms with E-state index in [1.807, 2.05) is 6.26 Å². The normalized spacial score (nSPS) is 14.8. The molecule has 0 radical (unpaired) electrons. The second kappa shape index (κ2) is 10.0. The number of aromatic nitrogens is 2. The number of halogens is 1. The number of rotatable bonds is 7. The van der Waals surface area contributed by atoms with Crippen LogP contribution in [-0.4, -0.2) is 60.8 Å². The predicted molar refractivity (Wildman–Crippen MR) is 120 cm³/mol. The summed E-state index contributed by atoms with van der Waals surface area (Å²) in [6, 6.07) is 12.0. The van der Waals surface area contributed by atoms with Gasteiger partial charge in [0.15, 0.2) is 10.9 Å². The number of benzene rings is 2. The van der Waals surface area contributed by atoms with Gasteiger partial charge in [0.05, 0.1) is 24.3 Å². The SMILES string of the molecule is CSc1ncc(C(=O)OCc2cccc(S(=O)(=O)N3CCOCC3)c2)n1-c1ccc(F)cc1. The summed E-state index contributed by atoms with van der Waals surface area (Å²) in [5.41, 5.74) is 1.29. The number of carbonyl (C=O) groups is 1. The largest absolute Gasteiger partial charge is 0.456 e. The number of morpholine rings is 1. The average molecular weight is 492 g/mol. The minimum absolute atomic E-state index is 0.117. The number of hydrogen-bond acceptors (Lipinski definition) is 7. The van der Waals surface area contributed by atoms with Gasteiger partial charge in [0.25, 0.3) is 0 Å². The molecule has 2 heterocycles. The molecule has 0 aliphatic carbocycles. The van der Waals surface area contributed by atoms with Crippen LogP contribution in [0, 0.1) is 5.82 Å². The lowest BCUT2D eigenvalue weighted by atomic mass is 10.2. The fourth-order valence-electron chi connectivity index (χ4n) is 3.42. The summed E-state index contributed by atoms with van der Waals surface area (Å²) >= 11 is 1.34. The summed E-state index contributed by atoms with van der Waals surface area (Å²) in [6.45, 7) is 1.19. The van der Waals surface area contributed by atoms with E-state index in [4.69, 9.17) is 9.47 Å². The number of nitrogens with zero attached hydrogens (tertiary/aromatic N) is 3. The Morgan fingerprint density at radius 3 is 2.61 bits per heavy atom. The van der Waals surface area contributed by atoms with Crippen molar-refractivity contribution in [3.05, 3.63) is 71.8 Å². The molecule has 8 nitrogen and oxygen atoms in total. The molecule has 1 aliphatic rings. The monoisotopic (exact) mass is 491 g/mol. The molecular formula is C22H22FN3O5S2. The maximum Gasteiger partial charge on any atom is 0.357 e. The van der Waals surface area contributed by atoms with Gasteiger partial charge in [-0.05, 0) is 48.2 Å². The lowest BCUT2D eigenvalue weighted by Crippen LogP contribution is -2.40. The molecule has 0 N–H and O–H groups in total. The minimum atomic E-state index is -3.66. The molecule has 0 spiro atoms. The first-order valence-electron chi connectivity index (χ1n) is 10.1. The number of sulfonamides is 1. The van der Waals surface area contributed by atoms with E-state index in [1.54, 1.807) is 28.8 Å². The van der Waals surface area contributed by atoms with Gasteiger partial charge in [0, 0.05) is 18.8 Å². The number of hydrogen-bond donors (Lipinski definition) is 0. The molecule has 11 heteroatoms. The van der Waals surface area contributed by atoms with E-state index in [0.717, 1.165) is 0 Å². The molecular weight excluding hydrogens is 469 g/mol. The number of imidazole rings is 1. The van der Waals surface area contributed by atoms with E-state index in [2.05, 4.69) is 4.98 Å². The second-order valence-corrected chi connectivity index (χ2v) is 9.89. The smallest absolute Gasteiger partial charge is 0.357 e. The van der Waals surface area contributed by atoms with Crippen molar-refractivity contribution in [2.45, 2.75) is 16.7 Å². The number of carbonyl (C=O) groups excluding carboxylic acids is 1. The van der Waals surface area contributed by atoms with Gasteiger partial charge in [-0.1, -0.05) is 23.9 Å². The lowest BCUT2D eigenvalue weighted by molar-refractivity contribution is 0.0462. The maximum atomic E-state index is 13.3. The number of ether oxygens (including phenoxy) is 2. The van der Waals surface area contributed by atoms with Crippen molar-refractivity contribution < 1.29 is 27.1 Å². The highest BCUT2D eigenvalue weighted by atomic mass is 32.2. The van der Waals surface area contributed by atoms with Gasteiger partial charge < -0.3 is 9.47 Å². The van der Waals surface area contributed by atoms with Crippen molar-refractivity contribution in [3.8, 4) is 5.69 Å². The molecule has 33 heavy (non-hydrogen) atoms. The summed E-state index contributed by atoms with van der Waals surface area (Å²) in [5.74, 6) is -1.02. The molecule has 0 saturated carbocycles. The maximum absolute atomic E-state index is 13.3. The summed E-state index contributed by atoms with van der Waals surface area (Å²) < 4.78 is 52.8. The molecule has 1 saturated heterocycles. The Balaban J connectivity index is 1.52. The van der Waals surface area contributed by atoms with Gasteiger partial charge in [0.1, 0.15) is 12.4 Å². The highest BCUT2D eigenvalue weighted by Gasteiger charge is 2.26.